The van der Waals surface area contributed by atoms with E-state index in [9.17, 15) is 4.79 Å². The first-order valence-electron chi connectivity index (χ1n) is 6.39. The average Bonchev–Trinajstić information content (AvgIpc) is 3.10. The number of carbonyl (C=O) groups is 1. The number of nitrogens with one attached hydrogen (secondary N) is 1. The van der Waals surface area contributed by atoms with Crippen LogP contribution in [0.3, 0.4) is 0 Å². The molecule has 0 unspecified atom stereocenters. The number of nitrogens with zero attached hydrogens (tertiary/aromatic N) is 2. The molecule has 1 amide bonds. The van der Waals surface area contributed by atoms with Gasteiger partial charge in [0.1, 0.15) is 5.01 Å². The van der Waals surface area contributed by atoms with Gasteiger partial charge >= 0.3 is 0 Å². The van der Waals surface area contributed by atoms with Crippen LogP contribution >= 0.6 is 22.7 Å². The van der Waals surface area contributed by atoms with Crippen molar-refractivity contribution >= 4 is 44.4 Å². The van der Waals surface area contributed by atoms with Crippen LogP contribution in [-0.4, -0.2) is 16.6 Å². The molecule has 1 N–H and O–H groups in total. The topological polar surface area (TPSA) is 54.4 Å². The minimum atomic E-state index is -0.191. The highest BCUT2D eigenvalue weighted by Gasteiger charge is 2.10. The highest BCUT2D eigenvalue weighted by Crippen LogP contribution is 2.25. The third kappa shape index (κ3) is 3.01. The van der Waals surface area contributed by atoms with E-state index in [-0.39, 0.29) is 5.91 Å². The fraction of sp³-hybridized carbons (Fsp3) is 0.133. The highest BCUT2D eigenvalue weighted by molar-refractivity contribution is 7.20. The fourth-order valence-corrected chi connectivity index (χ4v) is 3.55. The number of thiophene rings is 1. The number of thiazole rings is 1. The second-order valence-electron chi connectivity index (χ2n) is 4.58. The molecule has 0 fully saturated rings. The lowest BCUT2D eigenvalue weighted by Crippen LogP contribution is -2.18. The lowest BCUT2D eigenvalue weighted by Gasteiger charge is -1.98. The van der Waals surface area contributed by atoms with Gasteiger partial charge in [-0.3, -0.25) is 4.79 Å². The van der Waals surface area contributed by atoms with E-state index in [0.717, 1.165) is 20.8 Å². The van der Waals surface area contributed by atoms with Gasteiger partial charge < -0.3 is 0 Å². The summed E-state index contributed by atoms with van der Waals surface area (Å²) in [7, 11) is 0. The predicted octanol–water partition coefficient (Wildman–Crippen LogP) is 3.82. The van der Waals surface area contributed by atoms with Gasteiger partial charge in [-0.2, -0.15) is 5.10 Å². The SMILES string of the molecule is C/C(=N\NC(=O)c1cc2ccccc2s1)c1nc(C)cs1. The summed E-state index contributed by atoms with van der Waals surface area (Å²) in [6, 6.07) is 9.81. The molecule has 2 heterocycles. The number of aromatic nitrogens is 1. The van der Waals surface area contributed by atoms with Crippen molar-refractivity contribution < 1.29 is 4.79 Å². The molecule has 0 bridgehead atoms. The Morgan fingerprint density at radius 2 is 2.14 bits per heavy atom. The molecular weight excluding hydrogens is 302 g/mol. The van der Waals surface area contributed by atoms with Gasteiger partial charge in [0.25, 0.3) is 5.91 Å². The van der Waals surface area contributed by atoms with E-state index in [1.54, 1.807) is 0 Å². The lowest BCUT2D eigenvalue weighted by molar-refractivity contribution is 0.0959. The van der Waals surface area contributed by atoms with E-state index >= 15 is 0 Å². The highest BCUT2D eigenvalue weighted by atomic mass is 32.1. The first-order chi connectivity index (χ1) is 10.1. The normalized spacial score (nSPS) is 11.8. The van der Waals surface area contributed by atoms with Crippen LogP contribution in [0.1, 0.15) is 27.3 Å². The van der Waals surface area contributed by atoms with Crippen molar-refractivity contribution in [3.63, 3.8) is 0 Å². The summed E-state index contributed by atoms with van der Waals surface area (Å²) in [5.74, 6) is -0.191. The molecule has 3 aromatic rings. The number of hydrogen-bond donors (Lipinski definition) is 1. The molecule has 0 spiro atoms. The minimum Gasteiger partial charge on any atom is -0.266 e. The number of benzene rings is 1. The standard InChI is InChI=1S/C15H13N3OS2/c1-9-8-20-15(16-9)10(2)17-18-14(19)13-7-11-5-3-4-6-12(11)21-13/h3-8H,1-2H3,(H,18,19)/b17-10+. The molecule has 0 aliphatic rings. The predicted molar refractivity (Wildman–Crippen MR) is 88.4 cm³/mol. The minimum absolute atomic E-state index is 0.191. The van der Waals surface area contributed by atoms with Crippen molar-refractivity contribution in [3.8, 4) is 0 Å². The molecule has 0 saturated heterocycles. The number of amides is 1. The number of fused-ring (bicyclic) bond motifs is 1. The molecule has 6 heteroatoms. The molecule has 4 nitrogen and oxygen atoms in total. The second kappa shape index (κ2) is 5.75. The number of rotatable bonds is 3. The molecule has 3 rings (SSSR count). The van der Waals surface area contributed by atoms with Crippen LogP contribution < -0.4 is 5.43 Å². The Bertz CT molecular complexity index is 799. The van der Waals surface area contributed by atoms with Crippen molar-refractivity contribution in [2.75, 3.05) is 0 Å². The van der Waals surface area contributed by atoms with Gasteiger partial charge in [0, 0.05) is 15.8 Å². The Kier molecular flexibility index (Phi) is 3.81. The van der Waals surface area contributed by atoms with Crippen LogP contribution in [0.25, 0.3) is 10.1 Å². The van der Waals surface area contributed by atoms with Gasteiger partial charge in [-0.1, -0.05) is 18.2 Å². The van der Waals surface area contributed by atoms with Crippen LogP contribution in [0.2, 0.25) is 0 Å². The first-order valence-corrected chi connectivity index (χ1v) is 8.09. The monoisotopic (exact) mass is 315 g/mol. The second-order valence-corrected chi connectivity index (χ2v) is 6.52. The van der Waals surface area contributed by atoms with Gasteiger partial charge in [-0.05, 0) is 31.4 Å². The van der Waals surface area contributed by atoms with E-state index < -0.39 is 0 Å². The van der Waals surface area contributed by atoms with Crippen LogP contribution in [0.4, 0.5) is 0 Å². The van der Waals surface area contributed by atoms with Gasteiger partial charge in [0.15, 0.2) is 0 Å². The molecule has 0 aliphatic heterocycles. The molecule has 0 radical (unpaired) electrons. The Hall–Kier alpha value is -2.05. The summed E-state index contributed by atoms with van der Waals surface area (Å²) in [6.07, 6.45) is 0. The largest absolute Gasteiger partial charge is 0.281 e. The summed E-state index contributed by atoms with van der Waals surface area (Å²) in [6.45, 7) is 3.77. The summed E-state index contributed by atoms with van der Waals surface area (Å²) in [5, 5.41) is 7.98. The Morgan fingerprint density at radius 1 is 1.33 bits per heavy atom. The van der Waals surface area contributed by atoms with Crippen LogP contribution in [0.5, 0.6) is 0 Å². The summed E-state index contributed by atoms with van der Waals surface area (Å²) < 4.78 is 1.10. The summed E-state index contributed by atoms with van der Waals surface area (Å²) in [5.41, 5.74) is 4.26. The Morgan fingerprint density at radius 3 is 2.86 bits per heavy atom. The van der Waals surface area contributed by atoms with Gasteiger partial charge in [-0.25, -0.2) is 10.4 Å². The zero-order valence-electron chi connectivity index (χ0n) is 11.6. The lowest BCUT2D eigenvalue weighted by atomic mass is 10.2. The zero-order valence-corrected chi connectivity index (χ0v) is 13.2. The van der Waals surface area contributed by atoms with Gasteiger partial charge in [-0.15, -0.1) is 22.7 Å². The molecule has 0 saturated carbocycles. The maximum Gasteiger partial charge on any atom is 0.281 e. The number of hydrogen-bond acceptors (Lipinski definition) is 5. The summed E-state index contributed by atoms with van der Waals surface area (Å²) in [4.78, 5) is 17.1. The quantitative estimate of drug-likeness (QED) is 0.590. The Balaban J connectivity index is 1.77. The number of aryl methyl sites for hydroxylation is 1. The fourth-order valence-electron chi connectivity index (χ4n) is 1.85. The van der Waals surface area contributed by atoms with Crippen molar-refractivity contribution in [3.05, 3.63) is 51.3 Å². The van der Waals surface area contributed by atoms with Crippen LogP contribution in [0.15, 0.2) is 40.8 Å². The molecule has 0 aliphatic carbocycles. The molecule has 2 aromatic heterocycles. The third-order valence-electron chi connectivity index (χ3n) is 2.90. The molecule has 1 aromatic carbocycles. The van der Waals surface area contributed by atoms with Crippen molar-refractivity contribution in [1.82, 2.24) is 10.4 Å². The Labute approximate surface area is 130 Å². The molecule has 0 atom stereocenters. The third-order valence-corrected chi connectivity index (χ3v) is 5.09. The van der Waals surface area contributed by atoms with E-state index in [0.29, 0.717) is 10.6 Å². The zero-order chi connectivity index (χ0) is 14.8. The van der Waals surface area contributed by atoms with Crippen molar-refractivity contribution in [1.29, 1.82) is 0 Å². The van der Waals surface area contributed by atoms with E-state index in [1.165, 1.54) is 22.7 Å². The maximum atomic E-state index is 12.1. The van der Waals surface area contributed by atoms with Gasteiger partial charge in [0.05, 0.1) is 10.6 Å². The smallest absolute Gasteiger partial charge is 0.266 e. The van der Waals surface area contributed by atoms with E-state index in [4.69, 9.17) is 0 Å². The number of hydrazone groups is 1. The summed E-state index contributed by atoms with van der Waals surface area (Å²) >= 11 is 2.98. The van der Waals surface area contributed by atoms with Crippen molar-refractivity contribution in [2.24, 2.45) is 5.10 Å². The first kappa shape index (κ1) is 13.9. The van der Waals surface area contributed by atoms with E-state index in [1.807, 2.05) is 49.6 Å². The molecule has 106 valence electrons. The molecule has 21 heavy (non-hydrogen) atoms. The van der Waals surface area contributed by atoms with E-state index in [2.05, 4.69) is 15.5 Å². The van der Waals surface area contributed by atoms with Gasteiger partial charge in [0.2, 0.25) is 0 Å². The van der Waals surface area contributed by atoms with Crippen LogP contribution in [0, 0.1) is 6.92 Å². The average molecular weight is 315 g/mol. The van der Waals surface area contributed by atoms with Crippen LogP contribution in [-0.2, 0) is 0 Å². The van der Waals surface area contributed by atoms with Crippen molar-refractivity contribution in [2.45, 2.75) is 13.8 Å². The number of carbonyl (C=O) groups excluding carboxylic acids is 1. The maximum absolute atomic E-state index is 12.1. The molecular formula is C15H13N3OS2.